The molecule has 2 aromatic carbocycles. The fraction of sp³-hybridized carbons (Fsp3) is 0.200. The Bertz CT molecular complexity index is 920. The topological polar surface area (TPSA) is 64.6 Å². The summed E-state index contributed by atoms with van der Waals surface area (Å²) in [5.74, 6) is -1.28. The highest BCUT2D eigenvalue weighted by Gasteiger charge is 2.41. The molecule has 5 nitrogen and oxygen atoms in total. The zero-order chi connectivity index (χ0) is 18.8. The Morgan fingerprint density at radius 3 is 2.54 bits per heavy atom. The van der Waals surface area contributed by atoms with Crippen molar-refractivity contribution >= 4 is 29.2 Å². The summed E-state index contributed by atoms with van der Waals surface area (Å²) < 4.78 is 10.3. The third-order valence-electron chi connectivity index (χ3n) is 4.33. The highest BCUT2D eigenvalue weighted by Crippen LogP contribution is 2.39. The van der Waals surface area contributed by atoms with E-state index in [1.807, 2.05) is 32.0 Å². The number of esters is 2. The molecule has 1 unspecified atom stereocenters. The second-order valence-corrected chi connectivity index (χ2v) is 6.42. The van der Waals surface area contributed by atoms with Crippen LogP contribution in [-0.4, -0.2) is 19.0 Å². The summed E-state index contributed by atoms with van der Waals surface area (Å²) >= 11 is 6.22. The van der Waals surface area contributed by atoms with Gasteiger partial charge in [-0.3, -0.25) is 0 Å². The standard InChI is InChI=1S/C20H18ClNO4/c1-11-8-9-13(10-12(11)2)22-17-16(19(23)25-3)18(26-20(17)24)14-6-4-5-7-15(14)21/h4-10,18,22H,1-3H3. The summed E-state index contributed by atoms with van der Waals surface area (Å²) in [5, 5.41) is 3.41. The van der Waals surface area contributed by atoms with Gasteiger partial charge in [0, 0.05) is 16.3 Å². The van der Waals surface area contributed by atoms with Crippen molar-refractivity contribution < 1.29 is 19.1 Å². The van der Waals surface area contributed by atoms with Gasteiger partial charge in [-0.15, -0.1) is 0 Å². The van der Waals surface area contributed by atoms with E-state index in [4.69, 9.17) is 21.1 Å². The molecule has 0 fully saturated rings. The number of cyclic esters (lactones) is 1. The van der Waals surface area contributed by atoms with Crippen LogP contribution in [0.25, 0.3) is 0 Å². The van der Waals surface area contributed by atoms with E-state index in [-0.39, 0.29) is 11.3 Å². The molecule has 1 aliphatic heterocycles. The first-order valence-corrected chi connectivity index (χ1v) is 8.42. The van der Waals surface area contributed by atoms with Crippen LogP contribution < -0.4 is 5.32 Å². The lowest BCUT2D eigenvalue weighted by atomic mass is 10.0. The summed E-state index contributed by atoms with van der Waals surface area (Å²) in [6.45, 7) is 3.96. The zero-order valence-corrected chi connectivity index (χ0v) is 15.4. The maximum atomic E-state index is 12.5. The van der Waals surface area contributed by atoms with Crippen LogP contribution in [0, 0.1) is 13.8 Å². The van der Waals surface area contributed by atoms with Gasteiger partial charge >= 0.3 is 11.9 Å². The molecule has 0 spiro atoms. The lowest BCUT2D eigenvalue weighted by molar-refractivity contribution is -0.141. The zero-order valence-electron chi connectivity index (χ0n) is 14.6. The molecular weight excluding hydrogens is 354 g/mol. The molecule has 0 aromatic heterocycles. The van der Waals surface area contributed by atoms with Gasteiger partial charge in [0.15, 0.2) is 6.10 Å². The average Bonchev–Trinajstić information content (AvgIpc) is 2.94. The second-order valence-electron chi connectivity index (χ2n) is 6.01. The van der Waals surface area contributed by atoms with Crippen molar-refractivity contribution in [1.82, 2.24) is 0 Å². The van der Waals surface area contributed by atoms with Gasteiger partial charge in [0.1, 0.15) is 11.3 Å². The Balaban J connectivity index is 2.07. The van der Waals surface area contributed by atoms with E-state index in [2.05, 4.69) is 5.32 Å². The van der Waals surface area contributed by atoms with Gasteiger partial charge < -0.3 is 14.8 Å². The number of ether oxygens (including phenoxy) is 2. The van der Waals surface area contributed by atoms with E-state index in [1.165, 1.54) is 7.11 Å². The minimum absolute atomic E-state index is 0.0602. The van der Waals surface area contributed by atoms with Crippen molar-refractivity contribution in [2.75, 3.05) is 12.4 Å². The van der Waals surface area contributed by atoms with Gasteiger partial charge in [-0.1, -0.05) is 35.9 Å². The summed E-state index contributed by atoms with van der Waals surface area (Å²) in [4.78, 5) is 24.8. The molecule has 1 N–H and O–H groups in total. The summed E-state index contributed by atoms with van der Waals surface area (Å²) in [6.07, 6.45) is -0.919. The van der Waals surface area contributed by atoms with E-state index >= 15 is 0 Å². The number of methoxy groups -OCH3 is 1. The second kappa shape index (κ2) is 7.22. The average molecular weight is 372 g/mol. The van der Waals surface area contributed by atoms with Crippen molar-refractivity contribution in [3.63, 3.8) is 0 Å². The molecule has 2 aromatic rings. The summed E-state index contributed by atoms with van der Waals surface area (Å²) in [5.41, 5.74) is 3.56. The van der Waals surface area contributed by atoms with Crippen LogP contribution >= 0.6 is 11.6 Å². The number of aryl methyl sites for hydroxylation is 2. The SMILES string of the molecule is COC(=O)C1=C(Nc2ccc(C)c(C)c2)C(=O)OC1c1ccccc1Cl. The largest absolute Gasteiger partial charge is 0.465 e. The van der Waals surface area contributed by atoms with Gasteiger partial charge in [0.05, 0.1) is 7.11 Å². The first kappa shape index (κ1) is 18.0. The highest BCUT2D eigenvalue weighted by molar-refractivity contribution is 6.31. The van der Waals surface area contributed by atoms with Crippen molar-refractivity contribution in [2.24, 2.45) is 0 Å². The predicted molar refractivity (Wildman–Crippen MR) is 98.9 cm³/mol. The number of hydrogen-bond donors (Lipinski definition) is 1. The van der Waals surface area contributed by atoms with Gasteiger partial charge in [-0.25, -0.2) is 9.59 Å². The van der Waals surface area contributed by atoms with Gasteiger partial charge in [0.25, 0.3) is 0 Å². The van der Waals surface area contributed by atoms with E-state index in [0.29, 0.717) is 16.3 Å². The molecule has 1 atom stereocenters. The number of anilines is 1. The fourth-order valence-corrected chi connectivity index (χ4v) is 3.01. The van der Waals surface area contributed by atoms with Gasteiger partial charge in [0.2, 0.25) is 0 Å². The number of nitrogens with one attached hydrogen (secondary N) is 1. The quantitative estimate of drug-likeness (QED) is 0.820. The number of rotatable bonds is 4. The molecule has 0 amide bonds. The Labute approximate surface area is 156 Å². The minimum Gasteiger partial charge on any atom is -0.465 e. The number of carbonyl (C=O) groups is 2. The highest BCUT2D eigenvalue weighted by atomic mass is 35.5. The van der Waals surface area contributed by atoms with Gasteiger partial charge in [-0.05, 0) is 43.2 Å². The fourth-order valence-electron chi connectivity index (χ4n) is 2.77. The van der Waals surface area contributed by atoms with E-state index < -0.39 is 18.0 Å². The van der Waals surface area contributed by atoms with E-state index in [0.717, 1.165) is 11.1 Å². The first-order valence-electron chi connectivity index (χ1n) is 8.04. The molecule has 0 saturated heterocycles. The molecule has 1 aliphatic rings. The smallest absolute Gasteiger partial charge is 0.356 e. The normalized spacial score (nSPS) is 16.5. The molecule has 0 aliphatic carbocycles. The monoisotopic (exact) mass is 371 g/mol. The lowest BCUT2D eigenvalue weighted by Gasteiger charge is -2.14. The van der Waals surface area contributed by atoms with Gasteiger partial charge in [-0.2, -0.15) is 0 Å². The molecule has 6 heteroatoms. The molecule has 134 valence electrons. The van der Waals surface area contributed by atoms with E-state index in [9.17, 15) is 9.59 Å². The maximum Gasteiger partial charge on any atom is 0.356 e. The molecule has 0 radical (unpaired) electrons. The molecule has 0 bridgehead atoms. The third kappa shape index (κ3) is 3.30. The number of carbonyl (C=O) groups excluding carboxylic acids is 2. The summed E-state index contributed by atoms with van der Waals surface area (Å²) in [7, 11) is 1.26. The first-order chi connectivity index (χ1) is 12.4. The number of halogens is 1. The predicted octanol–water partition coefficient (Wildman–Crippen LogP) is 4.09. The molecular formula is C20H18ClNO4. The van der Waals surface area contributed by atoms with Crippen LogP contribution in [-0.2, 0) is 19.1 Å². The Morgan fingerprint density at radius 2 is 1.88 bits per heavy atom. The van der Waals surface area contributed by atoms with Crippen LogP contribution in [0.3, 0.4) is 0 Å². The molecule has 3 rings (SSSR count). The van der Waals surface area contributed by atoms with Crippen molar-refractivity contribution in [1.29, 1.82) is 0 Å². The summed E-state index contributed by atoms with van der Waals surface area (Å²) in [6, 6.07) is 12.6. The molecule has 1 heterocycles. The third-order valence-corrected chi connectivity index (χ3v) is 4.67. The van der Waals surface area contributed by atoms with E-state index in [1.54, 1.807) is 24.3 Å². The minimum atomic E-state index is -0.919. The maximum absolute atomic E-state index is 12.5. The van der Waals surface area contributed by atoms with Crippen molar-refractivity contribution in [3.05, 3.63) is 75.4 Å². The van der Waals surface area contributed by atoms with Crippen LogP contribution in [0.5, 0.6) is 0 Å². The molecule has 0 saturated carbocycles. The number of hydrogen-bond acceptors (Lipinski definition) is 5. The van der Waals surface area contributed by atoms with Crippen LogP contribution in [0.2, 0.25) is 5.02 Å². The van der Waals surface area contributed by atoms with Crippen LogP contribution in [0.4, 0.5) is 5.69 Å². The Kier molecular flexibility index (Phi) is 5.00. The van der Waals surface area contributed by atoms with Crippen molar-refractivity contribution in [3.8, 4) is 0 Å². The lowest BCUT2D eigenvalue weighted by Crippen LogP contribution is -2.15. The van der Waals surface area contributed by atoms with Crippen molar-refractivity contribution in [2.45, 2.75) is 20.0 Å². The Morgan fingerprint density at radius 1 is 1.15 bits per heavy atom. The van der Waals surface area contributed by atoms with Crippen LogP contribution in [0.15, 0.2) is 53.7 Å². The molecule has 26 heavy (non-hydrogen) atoms. The van der Waals surface area contributed by atoms with Crippen LogP contribution in [0.1, 0.15) is 22.8 Å². The Hall–Kier alpha value is -2.79. The number of benzene rings is 2.